The number of benzene rings is 1. The standard InChI is InChI=1S/C13H15N3S/c1-13(2)9-17-12(16-13)15-8-11-5-3-10(7-14)4-6-11/h3-6H,8-9H2,1-2H3,(H,15,16). The number of amidine groups is 1. The fourth-order valence-electron chi connectivity index (χ4n) is 1.54. The molecule has 1 heterocycles. The zero-order valence-electron chi connectivity index (χ0n) is 10.0. The number of nitriles is 1. The minimum atomic E-state index is 0.147. The molecule has 1 aliphatic heterocycles. The Hall–Kier alpha value is -1.47. The molecule has 1 aliphatic rings. The van der Waals surface area contributed by atoms with Crippen molar-refractivity contribution in [2.75, 3.05) is 5.75 Å². The van der Waals surface area contributed by atoms with E-state index < -0.39 is 0 Å². The molecule has 1 aromatic carbocycles. The number of aliphatic imine (C=N–C) groups is 1. The quantitative estimate of drug-likeness (QED) is 0.871. The Balaban J connectivity index is 1.98. The summed E-state index contributed by atoms with van der Waals surface area (Å²) in [6.07, 6.45) is 0. The smallest absolute Gasteiger partial charge is 0.157 e. The van der Waals surface area contributed by atoms with Gasteiger partial charge in [-0.25, -0.2) is 0 Å². The minimum absolute atomic E-state index is 0.147. The highest BCUT2D eigenvalue weighted by Gasteiger charge is 2.26. The second-order valence-electron chi connectivity index (χ2n) is 4.73. The van der Waals surface area contributed by atoms with Gasteiger partial charge in [-0.1, -0.05) is 23.9 Å². The molecule has 0 aromatic heterocycles. The summed E-state index contributed by atoms with van der Waals surface area (Å²) < 4.78 is 0. The molecule has 0 unspecified atom stereocenters. The van der Waals surface area contributed by atoms with Crippen molar-refractivity contribution in [1.29, 1.82) is 5.26 Å². The van der Waals surface area contributed by atoms with Crippen LogP contribution >= 0.6 is 11.8 Å². The summed E-state index contributed by atoms with van der Waals surface area (Å²) in [7, 11) is 0. The third kappa shape index (κ3) is 3.24. The third-order valence-electron chi connectivity index (χ3n) is 2.50. The van der Waals surface area contributed by atoms with Gasteiger partial charge in [0, 0.05) is 11.3 Å². The van der Waals surface area contributed by atoms with Gasteiger partial charge >= 0.3 is 0 Å². The normalized spacial score (nSPS) is 19.9. The van der Waals surface area contributed by atoms with Crippen molar-refractivity contribution in [2.24, 2.45) is 4.99 Å². The van der Waals surface area contributed by atoms with Crippen LogP contribution in [0.3, 0.4) is 0 Å². The molecule has 1 N–H and O–H groups in total. The molecule has 0 bridgehead atoms. The topological polar surface area (TPSA) is 48.2 Å². The molecular formula is C13H15N3S. The van der Waals surface area contributed by atoms with Crippen LogP contribution in [-0.4, -0.2) is 16.5 Å². The lowest BCUT2D eigenvalue weighted by Gasteiger charge is -2.15. The summed E-state index contributed by atoms with van der Waals surface area (Å²) in [6.45, 7) is 5.01. The molecule has 3 nitrogen and oxygen atoms in total. The lowest BCUT2D eigenvalue weighted by molar-refractivity contribution is 0.536. The molecule has 17 heavy (non-hydrogen) atoms. The maximum absolute atomic E-state index is 8.70. The van der Waals surface area contributed by atoms with E-state index >= 15 is 0 Å². The summed E-state index contributed by atoms with van der Waals surface area (Å²) in [6, 6.07) is 9.67. The first-order valence-corrected chi connectivity index (χ1v) is 6.52. The van der Waals surface area contributed by atoms with E-state index in [0.717, 1.165) is 16.5 Å². The Morgan fingerprint density at radius 1 is 1.41 bits per heavy atom. The summed E-state index contributed by atoms with van der Waals surface area (Å²) >= 11 is 1.76. The van der Waals surface area contributed by atoms with Crippen molar-refractivity contribution >= 4 is 16.9 Å². The molecule has 1 aromatic rings. The van der Waals surface area contributed by atoms with Crippen molar-refractivity contribution < 1.29 is 0 Å². The molecule has 4 heteroatoms. The number of rotatable bonds is 2. The number of hydrogen-bond donors (Lipinski definition) is 1. The van der Waals surface area contributed by atoms with E-state index in [1.165, 1.54) is 0 Å². The highest BCUT2D eigenvalue weighted by molar-refractivity contribution is 8.14. The van der Waals surface area contributed by atoms with Crippen LogP contribution in [0.15, 0.2) is 29.3 Å². The molecule has 0 radical (unpaired) electrons. The molecule has 0 atom stereocenters. The van der Waals surface area contributed by atoms with Crippen LogP contribution < -0.4 is 5.32 Å². The van der Waals surface area contributed by atoms with E-state index in [1.54, 1.807) is 11.8 Å². The highest BCUT2D eigenvalue weighted by Crippen LogP contribution is 2.22. The van der Waals surface area contributed by atoms with E-state index in [2.05, 4.69) is 30.2 Å². The zero-order valence-corrected chi connectivity index (χ0v) is 10.8. The van der Waals surface area contributed by atoms with E-state index in [9.17, 15) is 0 Å². The number of thioether (sulfide) groups is 1. The SMILES string of the molecule is CC1(C)CSC(=NCc2ccc(C#N)cc2)N1. The number of nitrogens with one attached hydrogen (secondary N) is 1. The van der Waals surface area contributed by atoms with Crippen LogP contribution in [0.5, 0.6) is 0 Å². The highest BCUT2D eigenvalue weighted by atomic mass is 32.2. The number of hydrogen-bond acceptors (Lipinski definition) is 3. The Bertz CT molecular complexity index is 468. The lowest BCUT2D eigenvalue weighted by Crippen LogP contribution is -2.36. The van der Waals surface area contributed by atoms with E-state index in [1.807, 2.05) is 24.3 Å². The molecule has 88 valence electrons. The predicted molar refractivity (Wildman–Crippen MR) is 72.0 cm³/mol. The first-order chi connectivity index (χ1) is 8.09. The van der Waals surface area contributed by atoms with Gasteiger partial charge in [-0.05, 0) is 31.5 Å². The molecule has 0 spiro atoms. The average molecular weight is 245 g/mol. The zero-order chi connectivity index (χ0) is 12.3. The van der Waals surface area contributed by atoms with Gasteiger partial charge in [-0.3, -0.25) is 4.99 Å². The van der Waals surface area contributed by atoms with Crippen molar-refractivity contribution in [2.45, 2.75) is 25.9 Å². The minimum Gasteiger partial charge on any atom is -0.359 e. The van der Waals surface area contributed by atoms with Gasteiger partial charge in [0.05, 0.1) is 18.2 Å². The van der Waals surface area contributed by atoms with Crippen LogP contribution in [0.1, 0.15) is 25.0 Å². The molecule has 0 amide bonds. The second-order valence-corrected chi connectivity index (χ2v) is 5.69. The van der Waals surface area contributed by atoms with Gasteiger partial charge in [-0.15, -0.1) is 0 Å². The largest absolute Gasteiger partial charge is 0.359 e. The Labute approximate surface area is 106 Å². The fraction of sp³-hybridized carbons (Fsp3) is 0.385. The Morgan fingerprint density at radius 2 is 2.12 bits per heavy atom. The molecule has 0 saturated carbocycles. The predicted octanol–water partition coefficient (Wildman–Crippen LogP) is 2.53. The van der Waals surface area contributed by atoms with Gasteiger partial charge in [0.1, 0.15) is 0 Å². The maximum Gasteiger partial charge on any atom is 0.157 e. The van der Waals surface area contributed by atoms with Crippen LogP contribution in [0.4, 0.5) is 0 Å². The van der Waals surface area contributed by atoms with Gasteiger partial charge in [0.2, 0.25) is 0 Å². The Kier molecular flexibility index (Phi) is 3.39. The first kappa shape index (κ1) is 12.0. The summed E-state index contributed by atoms with van der Waals surface area (Å²) in [5.41, 5.74) is 1.97. The van der Waals surface area contributed by atoms with Crippen LogP contribution in [0.25, 0.3) is 0 Å². The maximum atomic E-state index is 8.70. The lowest BCUT2D eigenvalue weighted by atomic mass is 10.1. The van der Waals surface area contributed by atoms with Gasteiger partial charge in [-0.2, -0.15) is 5.26 Å². The third-order valence-corrected chi connectivity index (χ3v) is 3.87. The van der Waals surface area contributed by atoms with Crippen molar-refractivity contribution in [3.63, 3.8) is 0 Å². The summed E-state index contributed by atoms with van der Waals surface area (Å²) in [5, 5.41) is 13.1. The molecule has 1 saturated heterocycles. The summed E-state index contributed by atoms with van der Waals surface area (Å²) in [5.74, 6) is 1.05. The monoisotopic (exact) mass is 245 g/mol. The molecule has 0 aliphatic carbocycles. The average Bonchev–Trinajstić information content (AvgIpc) is 2.67. The fourth-order valence-corrected chi connectivity index (χ4v) is 2.62. The van der Waals surface area contributed by atoms with Crippen LogP contribution in [-0.2, 0) is 6.54 Å². The van der Waals surface area contributed by atoms with Crippen LogP contribution in [0, 0.1) is 11.3 Å². The number of nitrogens with zero attached hydrogens (tertiary/aromatic N) is 2. The van der Waals surface area contributed by atoms with E-state index in [4.69, 9.17) is 5.26 Å². The molecule has 2 rings (SSSR count). The van der Waals surface area contributed by atoms with Crippen LogP contribution in [0.2, 0.25) is 0 Å². The molecule has 1 fully saturated rings. The summed E-state index contributed by atoms with van der Waals surface area (Å²) in [4.78, 5) is 4.53. The van der Waals surface area contributed by atoms with Gasteiger partial charge < -0.3 is 5.32 Å². The van der Waals surface area contributed by atoms with E-state index in [-0.39, 0.29) is 5.54 Å². The van der Waals surface area contributed by atoms with Crippen molar-refractivity contribution in [3.05, 3.63) is 35.4 Å². The Morgan fingerprint density at radius 3 is 2.65 bits per heavy atom. The first-order valence-electron chi connectivity index (χ1n) is 5.53. The van der Waals surface area contributed by atoms with Gasteiger partial charge in [0.25, 0.3) is 0 Å². The van der Waals surface area contributed by atoms with Gasteiger partial charge in [0.15, 0.2) is 5.17 Å². The second kappa shape index (κ2) is 4.80. The molecular weight excluding hydrogens is 230 g/mol. The van der Waals surface area contributed by atoms with E-state index in [0.29, 0.717) is 12.1 Å². The van der Waals surface area contributed by atoms with Crippen molar-refractivity contribution in [1.82, 2.24) is 5.32 Å². The van der Waals surface area contributed by atoms with Crippen molar-refractivity contribution in [3.8, 4) is 6.07 Å².